The molecule has 0 unspecified atom stereocenters. The molecule has 2 aromatic heterocycles. The fourth-order valence-corrected chi connectivity index (χ4v) is 3.23. The van der Waals surface area contributed by atoms with Gasteiger partial charge in [-0.2, -0.15) is 0 Å². The second kappa shape index (κ2) is 8.10. The molecule has 7 nitrogen and oxygen atoms in total. The molecule has 0 spiro atoms. The number of aryl methyl sites for hydroxylation is 3. The van der Waals surface area contributed by atoms with Crippen LogP contribution < -0.4 is 10.9 Å². The number of amides is 1. The second-order valence-corrected chi connectivity index (χ2v) is 7.23. The van der Waals surface area contributed by atoms with Gasteiger partial charge in [0, 0.05) is 30.3 Å². The highest BCUT2D eigenvalue weighted by molar-refractivity contribution is 5.91. The first-order valence-corrected chi connectivity index (χ1v) is 9.50. The lowest BCUT2D eigenvalue weighted by atomic mass is 10.1. The largest absolute Gasteiger partial charge is 0.335 e. The van der Waals surface area contributed by atoms with Gasteiger partial charge in [-0.25, -0.2) is 13.8 Å². The Kier molecular flexibility index (Phi) is 5.33. The summed E-state index contributed by atoms with van der Waals surface area (Å²) in [6.07, 6.45) is 1.27. The first-order chi connectivity index (χ1) is 14.8. The molecular weight excluding hydrogens is 406 g/mol. The zero-order valence-electron chi connectivity index (χ0n) is 16.8. The van der Waals surface area contributed by atoms with Crippen molar-refractivity contribution < 1.29 is 18.1 Å². The van der Waals surface area contributed by atoms with Gasteiger partial charge in [0.1, 0.15) is 29.0 Å². The summed E-state index contributed by atoms with van der Waals surface area (Å²) in [7, 11) is 0. The molecule has 2 aromatic carbocycles. The van der Waals surface area contributed by atoms with E-state index in [-0.39, 0.29) is 41.2 Å². The van der Waals surface area contributed by atoms with Crippen LogP contribution in [0.15, 0.2) is 52.0 Å². The first kappa shape index (κ1) is 20.4. The van der Waals surface area contributed by atoms with Gasteiger partial charge in [-0.3, -0.25) is 14.2 Å². The molecule has 1 amide bonds. The minimum atomic E-state index is -0.807. The highest BCUT2D eigenvalue weighted by atomic mass is 19.1. The lowest BCUT2D eigenvalue weighted by molar-refractivity contribution is -0.116. The van der Waals surface area contributed by atoms with Crippen LogP contribution in [0.1, 0.15) is 17.5 Å². The Bertz CT molecular complexity index is 1340. The standard InChI is InChI=1S/C22H18F2N4O3/c1-12-3-4-13(2)17(7-12)26-18(29)5-6-28-11-25-21-19(22(28)30)20(27-31-21)14-8-15(23)10-16(24)9-14/h3-4,7-11H,5-6H2,1-2H3,(H,26,29). The highest BCUT2D eigenvalue weighted by Gasteiger charge is 2.18. The number of benzene rings is 2. The lowest BCUT2D eigenvalue weighted by Gasteiger charge is -2.10. The third-order valence-corrected chi connectivity index (χ3v) is 4.85. The zero-order valence-corrected chi connectivity index (χ0v) is 16.8. The van der Waals surface area contributed by atoms with E-state index < -0.39 is 17.2 Å². The van der Waals surface area contributed by atoms with E-state index in [1.54, 1.807) is 0 Å². The van der Waals surface area contributed by atoms with Gasteiger partial charge >= 0.3 is 0 Å². The molecule has 158 valence electrons. The Morgan fingerprint density at radius 2 is 1.87 bits per heavy atom. The number of carbonyl (C=O) groups is 1. The van der Waals surface area contributed by atoms with E-state index in [1.807, 2.05) is 32.0 Å². The number of aromatic nitrogens is 3. The molecule has 2 heterocycles. The van der Waals surface area contributed by atoms with Crippen LogP contribution in [-0.4, -0.2) is 20.6 Å². The quantitative estimate of drug-likeness (QED) is 0.524. The van der Waals surface area contributed by atoms with Crippen molar-refractivity contribution in [1.82, 2.24) is 14.7 Å². The number of rotatable bonds is 5. The molecule has 0 radical (unpaired) electrons. The summed E-state index contributed by atoms with van der Waals surface area (Å²) in [5.41, 5.74) is 2.11. The summed E-state index contributed by atoms with van der Waals surface area (Å²) in [6.45, 7) is 3.87. The molecule has 1 N–H and O–H groups in total. The zero-order chi connectivity index (χ0) is 22.1. The maximum atomic E-state index is 13.6. The van der Waals surface area contributed by atoms with E-state index in [0.29, 0.717) is 5.69 Å². The van der Waals surface area contributed by atoms with Crippen LogP contribution in [0.4, 0.5) is 14.5 Å². The fourth-order valence-electron chi connectivity index (χ4n) is 3.23. The maximum absolute atomic E-state index is 13.6. The number of fused-ring (bicyclic) bond motifs is 1. The summed E-state index contributed by atoms with van der Waals surface area (Å²) < 4.78 is 33.5. The van der Waals surface area contributed by atoms with E-state index in [4.69, 9.17) is 4.52 Å². The molecule has 0 saturated carbocycles. The number of nitrogens with one attached hydrogen (secondary N) is 1. The van der Waals surface area contributed by atoms with Crippen molar-refractivity contribution in [3.05, 3.63) is 75.8 Å². The van der Waals surface area contributed by atoms with E-state index in [2.05, 4.69) is 15.5 Å². The Hall–Kier alpha value is -3.88. The molecule has 0 fully saturated rings. The van der Waals surface area contributed by atoms with Gasteiger partial charge in [0.2, 0.25) is 5.91 Å². The topological polar surface area (TPSA) is 90.0 Å². The molecule has 0 saturated heterocycles. The number of hydrogen-bond donors (Lipinski definition) is 1. The van der Waals surface area contributed by atoms with Crippen molar-refractivity contribution in [2.45, 2.75) is 26.8 Å². The minimum absolute atomic E-state index is 0.0116. The van der Waals surface area contributed by atoms with Crippen LogP contribution in [-0.2, 0) is 11.3 Å². The average Bonchev–Trinajstić information content (AvgIpc) is 3.14. The van der Waals surface area contributed by atoms with E-state index in [9.17, 15) is 18.4 Å². The van der Waals surface area contributed by atoms with Gasteiger partial charge in [-0.15, -0.1) is 0 Å². The van der Waals surface area contributed by atoms with Crippen LogP contribution >= 0.6 is 0 Å². The number of halogens is 2. The lowest BCUT2D eigenvalue weighted by Crippen LogP contribution is -2.23. The van der Waals surface area contributed by atoms with Gasteiger partial charge in [0.15, 0.2) is 0 Å². The predicted molar refractivity (Wildman–Crippen MR) is 111 cm³/mol. The molecule has 0 aliphatic carbocycles. The van der Waals surface area contributed by atoms with Gasteiger partial charge < -0.3 is 9.84 Å². The number of anilines is 1. The van der Waals surface area contributed by atoms with Gasteiger partial charge in [-0.1, -0.05) is 17.3 Å². The van der Waals surface area contributed by atoms with E-state index in [0.717, 1.165) is 29.3 Å². The smallest absolute Gasteiger partial charge is 0.266 e. The Morgan fingerprint density at radius 1 is 1.13 bits per heavy atom. The molecule has 9 heteroatoms. The average molecular weight is 424 g/mol. The van der Waals surface area contributed by atoms with Crippen molar-refractivity contribution in [2.24, 2.45) is 0 Å². The Morgan fingerprint density at radius 3 is 2.61 bits per heavy atom. The van der Waals surface area contributed by atoms with Crippen molar-refractivity contribution in [3.8, 4) is 11.3 Å². The van der Waals surface area contributed by atoms with Crippen molar-refractivity contribution in [2.75, 3.05) is 5.32 Å². The summed E-state index contributed by atoms with van der Waals surface area (Å²) in [5, 5.41) is 6.58. The third-order valence-electron chi connectivity index (χ3n) is 4.85. The monoisotopic (exact) mass is 424 g/mol. The van der Waals surface area contributed by atoms with Crippen LogP contribution in [0.5, 0.6) is 0 Å². The van der Waals surface area contributed by atoms with E-state index in [1.165, 1.54) is 10.9 Å². The maximum Gasteiger partial charge on any atom is 0.266 e. The SMILES string of the molecule is Cc1ccc(C)c(NC(=O)CCn2cnc3onc(-c4cc(F)cc(F)c4)c3c2=O)c1. The molecule has 31 heavy (non-hydrogen) atoms. The minimum Gasteiger partial charge on any atom is -0.335 e. The number of carbonyl (C=O) groups excluding carboxylic acids is 1. The predicted octanol–water partition coefficient (Wildman–Crippen LogP) is 3.98. The normalized spacial score (nSPS) is 11.1. The van der Waals surface area contributed by atoms with Crippen molar-refractivity contribution >= 4 is 22.7 Å². The fraction of sp³-hybridized carbons (Fsp3) is 0.182. The number of nitrogens with zero attached hydrogens (tertiary/aromatic N) is 3. The molecular formula is C22H18F2N4O3. The van der Waals surface area contributed by atoms with Gasteiger partial charge in [-0.05, 0) is 43.2 Å². The van der Waals surface area contributed by atoms with Gasteiger partial charge in [0.05, 0.1) is 0 Å². The highest BCUT2D eigenvalue weighted by Crippen LogP contribution is 2.26. The van der Waals surface area contributed by atoms with Crippen molar-refractivity contribution in [3.63, 3.8) is 0 Å². The second-order valence-electron chi connectivity index (χ2n) is 7.23. The first-order valence-electron chi connectivity index (χ1n) is 9.50. The molecule has 4 aromatic rings. The van der Waals surface area contributed by atoms with Crippen LogP contribution in [0, 0.1) is 25.5 Å². The Labute approximate surface area is 175 Å². The van der Waals surface area contributed by atoms with Crippen LogP contribution in [0.2, 0.25) is 0 Å². The van der Waals surface area contributed by atoms with Crippen LogP contribution in [0.3, 0.4) is 0 Å². The summed E-state index contributed by atoms with van der Waals surface area (Å²) >= 11 is 0. The molecule has 0 aliphatic rings. The van der Waals surface area contributed by atoms with Crippen molar-refractivity contribution in [1.29, 1.82) is 0 Å². The molecule has 0 atom stereocenters. The summed E-state index contributed by atoms with van der Waals surface area (Å²) in [5.74, 6) is -1.88. The summed E-state index contributed by atoms with van der Waals surface area (Å²) in [4.78, 5) is 29.3. The molecule has 0 aliphatic heterocycles. The molecule has 0 bridgehead atoms. The number of hydrogen-bond acceptors (Lipinski definition) is 5. The third kappa shape index (κ3) is 4.20. The van der Waals surface area contributed by atoms with Crippen LogP contribution in [0.25, 0.3) is 22.4 Å². The summed E-state index contributed by atoms with van der Waals surface area (Å²) in [6, 6.07) is 8.55. The van der Waals surface area contributed by atoms with E-state index >= 15 is 0 Å². The van der Waals surface area contributed by atoms with Gasteiger partial charge in [0.25, 0.3) is 11.3 Å². The molecule has 4 rings (SSSR count). The Balaban J connectivity index is 1.59.